The van der Waals surface area contributed by atoms with E-state index in [0.29, 0.717) is 0 Å². The lowest BCUT2D eigenvalue weighted by Crippen LogP contribution is -2.59. The fourth-order valence-electron chi connectivity index (χ4n) is 5.18. The van der Waals surface area contributed by atoms with Crippen molar-refractivity contribution in [2.24, 2.45) is 0 Å². The van der Waals surface area contributed by atoms with Crippen LogP contribution in [-0.4, -0.2) is 29.9 Å². The quantitative estimate of drug-likeness (QED) is 0.379. The van der Waals surface area contributed by atoms with E-state index >= 15 is 0 Å². The molecule has 0 aromatic heterocycles. The van der Waals surface area contributed by atoms with Gasteiger partial charge in [0.1, 0.15) is 0 Å². The van der Waals surface area contributed by atoms with E-state index in [-0.39, 0.29) is 17.9 Å². The van der Waals surface area contributed by atoms with Crippen LogP contribution in [0.4, 0.5) is 5.69 Å². The maximum Gasteiger partial charge on any atom is 0.254 e. The molecule has 0 unspecified atom stereocenters. The van der Waals surface area contributed by atoms with Gasteiger partial charge in [0.05, 0.1) is 6.04 Å². The van der Waals surface area contributed by atoms with Crippen LogP contribution in [0, 0.1) is 0 Å². The molecule has 0 spiro atoms. The Balaban J connectivity index is 1.18. The number of amides is 1. The molecule has 0 saturated carbocycles. The number of hydrogen-bond acceptors (Lipinski definition) is 2. The summed E-state index contributed by atoms with van der Waals surface area (Å²) in [7, 11) is 0. The standard InChI is InChI=1S/C30H26N2O/c33-30-28-14-8-7-13-25(28)19-32(30)27-20-31(21-27)26-17-15-24(16-18-26)29(22-9-3-1-4-10-22)23-11-5-2-6-12-23/h1-18,27,29H,19-21H2. The maximum atomic E-state index is 12.8. The molecular formula is C30H26N2O. The predicted octanol–water partition coefficient (Wildman–Crippen LogP) is 5.71. The van der Waals surface area contributed by atoms with Gasteiger partial charge in [0, 0.05) is 36.8 Å². The van der Waals surface area contributed by atoms with Crippen LogP contribution in [0.25, 0.3) is 0 Å². The summed E-state index contributed by atoms with van der Waals surface area (Å²) >= 11 is 0. The van der Waals surface area contributed by atoms with E-state index in [2.05, 4.69) is 95.9 Å². The molecule has 1 saturated heterocycles. The summed E-state index contributed by atoms with van der Waals surface area (Å²) in [6, 6.07) is 38.6. The number of benzene rings is 4. The Hall–Kier alpha value is -3.85. The third kappa shape index (κ3) is 3.60. The first-order valence-corrected chi connectivity index (χ1v) is 11.6. The number of fused-ring (bicyclic) bond motifs is 1. The second kappa shape index (κ2) is 8.25. The van der Waals surface area contributed by atoms with Gasteiger partial charge in [-0.3, -0.25) is 4.79 Å². The van der Waals surface area contributed by atoms with Crippen LogP contribution in [0.3, 0.4) is 0 Å². The molecule has 4 aromatic carbocycles. The third-order valence-corrected chi connectivity index (χ3v) is 7.01. The van der Waals surface area contributed by atoms with Crippen LogP contribution in [0.2, 0.25) is 0 Å². The summed E-state index contributed by atoms with van der Waals surface area (Å²) in [5, 5.41) is 0. The molecule has 3 heteroatoms. The molecule has 162 valence electrons. The highest BCUT2D eigenvalue weighted by atomic mass is 16.2. The highest BCUT2D eigenvalue weighted by Gasteiger charge is 2.39. The average Bonchev–Trinajstić information content (AvgIpc) is 3.17. The molecule has 2 heterocycles. The predicted molar refractivity (Wildman–Crippen MR) is 133 cm³/mol. The Morgan fingerprint density at radius 1 is 0.636 bits per heavy atom. The van der Waals surface area contributed by atoms with Gasteiger partial charge in [0.2, 0.25) is 0 Å². The lowest BCUT2D eigenvalue weighted by atomic mass is 9.85. The highest BCUT2D eigenvalue weighted by Crippen LogP contribution is 2.34. The Morgan fingerprint density at radius 3 is 1.79 bits per heavy atom. The summed E-state index contributed by atoms with van der Waals surface area (Å²) < 4.78 is 0. The Morgan fingerprint density at radius 2 is 1.18 bits per heavy atom. The van der Waals surface area contributed by atoms with Crippen LogP contribution < -0.4 is 4.90 Å². The van der Waals surface area contributed by atoms with Crippen LogP contribution in [0.15, 0.2) is 109 Å². The largest absolute Gasteiger partial charge is 0.367 e. The molecule has 3 nitrogen and oxygen atoms in total. The first-order valence-electron chi connectivity index (χ1n) is 11.6. The number of rotatable bonds is 5. The molecule has 33 heavy (non-hydrogen) atoms. The topological polar surface area (TPSA) is 23.6 Å². The molecule has 0 aliphatic carbocycles. The van der Waals surface area contributed by atoms with E-state index in [9.17, 15) is 4.79 Å². The van der Waals surface area contributed by atoms with Crippen LogP contribution >= 0.6 is 0 Å². The molecule has 4 aromatic rings. The van der Waals surface area contributed by atoms with Crippen molar-refractivity contribution in [3.05, 3.63) is 137 Å². The average molecular weight is 431 g/mol. The molecule has 6 rings (SSSR count). The van der Waals surface area contributed by atoms with Gasteiger partial charge < -0.3 is 9.80 Å². The van der Waals surface area contributed by atoms with Crippen molar-refractivity contribution in [3.8, 4) is 0 Å². The van der Waals surface area contributed by atoms with Gasteiger partial charge in [0.25, 0.3) is 5.91 Å². The van der Waals surface area contributed by atoms with Crippen LogP contribution in [0.5, 0.6) is 0 Å². The summed E-state index contributed by atoms with van der Waals surface area (Å²) in [6.07, 6.45) is 0. The van der Waals surface area contributed by atoms with E-state index in [4.69, 9.17) is 0 Å². The number of anilines is 1. The van der Waals surface area contributed by atoms with E-state index in [1.165, 1.54) is 22.4 Å². The minimum atomic E-state index is 0.180. The lowest BCUT2D eigenvalue weighted by molar-refractivity contribution is 0.0671. The van der Waals surface area contributed by atoms with E-state index < -0.39 is 0 Å². The zero-order valence-corrected chi connectivity index (χ0v) is 18.5. The zero-order chi connectivity index (χ0) is 22.2. The Labute approximate surface area is 194 Å². The van der Waals surface area contributed by atoms with Crippen LogP contribution in [0.1, 0.15) is 38.5 Å². The van der Waals surface area contributed by atoms with E-state index in [1.807, 2.05) is 23.1 Å². The first-order chi connectivity index (χ1) is 16.3. The fourth-order valence-corrected chi connectivity index (χ4v) is 5.18. The summed E-state index contributed by atoms with van der Waals surface area (Å²) in [5.74, 6) is 0.394. The number of nitrogens with zero attached hydrogens (tertiary/aromatic N) is 2. The number of carbonyl (C=O) groups excluding carboxylic acids is 1. The molecule has 0 bridgehead atoms. The minimum Gasteiger partial charge on any atom is -0.367 e. The van der Waals surface area contributed by atoms with Crippen molar-refractivity contribution >= 4 is 11.6 Å². The van der Waals surface area contributed by atoms with Gasteiger partial charge in [-0.2, -0.15) is 0 Å². The number of hydrogen-bond donors (Lipinski definition) is 0. The van der Waals surface area contributed by atoms with Crippen molar-refractivity contribution in [1.82, 2.24) is 4.90 Å². The fraction of sp³-hybridized carbons (Fsp3) is 0.167. The van der Waals surface area contributed by atoms with Crippen molar-refractivity contribution in [2.75, 3.05) is 18.0 Å². The molecule has 1 amide bonds. The highest BCUT2D eigenvalue weighted by molar-refractivity contribution is 5.98. The summed E-state index contributed by atoms with van der Waals surface area (Å²) in [4.78, 5) is 17.2. The van der Waals surface area contributed by atoms with Gasteiger partial charge in [-0.1, -0.05) is 91.0 Å². The van der Waals surface area contributed by atoms with Gasteiger partial charge in [0.15, 0.2) is 0 Å². The van der Waals surface area contributed by atoms with Gasteiger partial charge in [-0.05, 0) is 40.5 Å². The minimum absolute atomic E-state index is 0.180. The van der Waals surface area contributed by atoms with Gasteiger partial charge in [-0.25, -0.2) is 0 Å². The second-order valence-electron chi connectivity index (χ2n) is 8.99. The smallest absolute Gasteiger partial charge is 0.254 e. The summed E-state index contributed by atoms with van der Waals surface area (Å²) in [6.45, 7) is 2.52. The van der Waals surface area contributed by atoms with Crippen molar-refractivity contribution in [1.29, 1.82) is 0 Å². The monoisotopic (exact) mass is 430 g/mol. The van der Waals surface area contributed by atoms with E-state index in [1.54, 1.807) is 0 Å². The first kappa shape index (κ1) is 19.8. The summed E-state index contributed by atoms with van der Waals surface area (Å²) in [5.41, 5.74) is 7.13. The van der Waals surface area contributed by atoms with E-state index in [0.717, 1.165) is 30.8 Å². The molecule has 2 aliphatic rings. The molecule has 0 N–H and O–H groups in total. The van der Waals surface area contributed by atoms with Crippen molar-refractivity contribution < 1.29 is 4.79 Å². The lowest BCUT2D eigenvalue weighted by Gasteiger charge is -2.45. The van der Waals surface area contributed by atoms with Crippen molar-refractivity contribution in [2.45, 2.75) is 18.5 Å². The molecule has 0 atom stereocenters. The third-order valence-electron chi connectivity index (χ3n) is 7.01. The zero-order valence-electron chi connectivity index (χ0n) is 18.5. The van der Waals surface area contributed by atoms with Gasteiger partial charge in [-0.15, -0.1) is 0 Å². The Kier molecular flexibility index (Phi) is 4.95. The SMILES string of the molecule is O=C1c2ccccc2CN1C1CN(c2ccc(C(c3ccccc3)c3ccccc3)cc2)C1. The molecule has 1 fully saturated rings. The van der Waals surface area contributed by atoms with Gasteiger partial charge >= 0.3 is 0 Å². The van der Waals surface area contributed by atoms with Crippen molar-refractivity contribution in [3.63, 3.8) is 0 Å². The molecule has 2 aliphatic heterocycles. The second-order valence-corrected chi connectivity index (χ2v) is 8.99. The Bertz CT molecular complexity index is 1220. The molecule has 0 radical (unpaired) electrons. The molecular weight excluding hydrogens is 404 g/mol. The number of carbonyl (C=O) groups is 1. The normalized spacial score (nSPS) is 15.6. The maximum absolute atomic E-state index is 12.8. The van der Waals surface area contributed by atoms with Crippen LogP contribution in [-0.2, 0) is 6.54 Å².